The van der Waals surface area contributed by atoms with Crippen LogP contribution in [0.1, 0.15) is 0 Å². The summed E-state index contributed by atoms with van der Waals surface area (Å²) in [5.41, 5.74) is 9.90. The Hall–Kier alpha value is -6.68. The van der Waals surface area contributed by atoms with Gasteiger partial charge in [0.2, 0.25) is 0 Å². The number of thiophene rings is 1. The van der Waals surface area contributed by atoms with E-state index in [9.17, 15) is 0 Å². The van der Waals surface area contributed by atoms with Gasteiger partial charge in [0.1, 0.15) is 11.2 Å². The topological polar surface area (TPSA) is 16.4 Å². The van der Waals surface area contributed by atoms with Crippen molar-refractivity contribution in [2.75, 3.05) is 4.90 Å². The Kier molecular flexibility index (Phi) is 6.76. The molecule has 11 aromatic rings. The van der Waals surface area contributed by atoms with E-state index >= 15 is 0 Å². The van der Waals surface area contributed by atoms with Crippen LogP contribution in [0.15, 0.2) is 192 Å². The van der Waals surface area contributed by atoms with Gasteiger partial charge in [-0.1, -0.05) is 140 Å². The minimum atomic E-state index is 0.896. The van der Waals surface area contributed by atoms with E-state index in [4.69, 9.17) is 4.42 Å². The summed E-state index contributed by atoms with van der Waals surface area (Å²) in [6, 6.07) is 68.2. The lowest BCUT2D eigenvalue weighted by Crippen LogP contribution is -2.11. The Labute approximate surface area is 310 Å². The number of hydrogen-bond donors (Lipinski definition) is 0. The first kappa shape index (κ1) is 30.0. The van der Waals surface area contributed by atoms with Gasteiger partial charge in [-0.2, -0.15) is 0 Å². The lowest BCUT2D eigenvalue weighted by molar-refractivity contribution is 0.669. The SMILES string of the molecule is c1ccc(-c2ccc(N(c3cc4ccccc4c4ccccc34)c3cccc4c3sc3ccccc34)cc2-c2ccc3oc4ccccc4c3c2)cc1. The monoisotopic (exact) mass is 693 g/mol. The highest BCUT2D eigenvalue weighted by atomic mass is 32.1. The molecule has 3 heteroatoms. The van der Waals surface area contributed by atoms with Crippen molar-refractivity contribution < 1.29 is 4.42 Å². The predicted molar refractivity (Wildman–Crippen MR) is 227 cm³/mol. The van der Waals surface area contributed by atoms with Crippen LogP contribution >= 0.6 is 11.3 Å². The van der Waals surface area contributed by atoms with Gasteiger partial charge in [0.25, 0.3) is 0 Å². The molecule has 0 aliphatic carbocycles. The zero-order valence-electron chi connectivity index (χ0n) is 28.7. The van der Waals surface area contributed by atoms with Crippen LogP contribution in [0, 0.1) is 0 Å². The second-order valence-corrected chi connectivity index (χ2v) is 14.7. The van der Waals surface area contributed by atoms with Gasteiger partial charge in [-0.25, -0.2) is 0 Å². The van der Waals surface area contributed by atoms with E-state index in [-0.39, 0.29) is 0 Å². The van der Waals surface area contributed by atoms with Crippen molar-refractivity contribution in [2.45, 2.75) is 0 Å². The van der Waals surface area contributed by atoms with Crippen LogP contribution in [-0.2, 0) is 0 Å². The minimum absolute atomic E-state index is 0.896. The van der Waals surface area contributed by atoms with Crippen LogP contribution in [0.25, 0.3) is 85.9 Å². The molecule has 53 heavy (non-hydrogen) atoms. The highest BCUT2D eigenvalue weighted by molar-refractivity contribution is 7.26. The zero-order valence-corrected chi connectivity index (χ0v) is 29.5. The van der Waals surface area contributed by atoms with E-state index in [0.717, 1.165) is 38.9 Å². The molecule has 0 aliphatic heterocycles. The van der Waals surface area contributed by atoms with Gasteiger partial charge < -0.3 is 9.32 Å². The summed E-state index contributed by atoms with van der Waals surface area (Å²) in [7, 11) is 0. The maximum Gasteiger partial charge on any atom is 0.135 e. The van der Waals surface area contributed by atoms with E-state index in [0.29, 0.717) is 0 Å². The number of nitrogens with zero attached hydrogens (tertiary/aromatic N) is 1. The van der Waals surface area contributed by atoms with Gasteiger partial charge in [-0.05, 0) is 86.9 Å². The fraction of sp³-hybridized carbons (Fsp3) is 0. The number of rotatable bonds is 5. The third-order valence-corrected chi connectivity index (χ3v) is 11.9. The molecular formula is C50H31NOS. The van der Waals surface area contributed by atoms with E-state index in [1.807, 2.05) is 23.5 Å². The number of furan rings is 1. The van der Waals surface area contributed by atoms with Crippen molar-refractivity contribution in [3.05, 3.63) is 188 Å². The summed E-state index contributed by atoms with van der Waals surface area (Å²) in [5.74, 6) is 0. The molecule has 2 aromatic heterocycles. The maximum atomic E-state index is 6.27. The Morgan fingerprint density at radius 2 is 1.08 bits per heavy atom. The standard InChI is InChI=1S/C50H31NOS/c1-2-13-32(14-3-1)37-27-26-35(31-43(37)34-25-28-48-44(29-34)40-19-8-10-23-47(40)52-48)51(45-22-12-21-42-41-20-9-11-24-49(41)53-50(42)45)46-30-33-15-4-5-16-36(33)38-17-6-7-18-39(38)46/h1-31H. The third kappa shape index (κ3) is 4.78. The quantitative estimate of drug-likeness (QED) is 0.167. The Morgan fingerprint density at radius 3 is 1.96 bits per heavy atom. The van der Waals surface area contributed by atoms with Crippen molar-refractivity contribution in [3.8, 4) is 22.3 Å². The molecule has 0 fully saturated rings. The van der Waals surface area contributed by atoms with Gasteiger partial charge in [0.05, 0.1) is 16.1 Å². The summed E-state index contributed by atoms with van der Waals surface area (Å²) in [4.78, 5) is 2.50. The average Bonchev–Trinajstić information content (AvgIpc) is 3.80. The first-order valence-electron chi connectivity index (χ1n) is 18.0. The highest BCUT2D eigenvalue weighted by Crippen LogP contribution is 2.49. The van der Waals surface area contributed by atoms with Crippen LogP contribution in [-0.4, -0.2) is 0 Å². The molecule has 0 atom stereocenters. The van der Waals surface area contributed by atoms with Crippen LogP contribution < -0.4 is 4.90 Å². The van der Waals surface area contributed by atoms with E-state index in [2.05, 4.69) is 181 Å². The molecular weight excluding hydrogens is 663 g/mol. The molecule has 248 valence electrons. The van der Waals surface area contributed by atoms with Crippen LogP contribution in [0.3, 0.4) is 0 Å². The molecule has 0 aliphatic rings. The Morgan fingerprint density at radius 1 is 0.377 bits per heavy atom. The molecule has 2 nitrogen and oxygen atoms in total. The number of anilines is 3. The van der Waals surface area contributed by atoms with Gasteiger partial charge in [0, 0.05) is 37.3 Å². The summed E-state index contributed by atoms with van der Waals surface area (Å²) >= 11 is 1.87. The molecule has 0 radical (unpaired) electrons. The third-order valence-electron chi connectivity index (χ3n) is 10.6. The van der Waals surface area contributed by atoms with E-state index in [1.165, 1.54) is 64.1 Å². The summed E-state index contributed by atoms with van der Waals surface area (Å²) in [6.07, 6.45) is 0. The smallest absolute Gasteiger partial charge is 0.135 e. The maximum absolute atomic E-state index is 6.27. The molecule has 9 aromatic carbocycles. The van der Waals surface area contributed by atoms with Crippen molar-refractivity contribution in [2.24, 2.45) is 0 Å². The van der Waals surface area contributed by atoms with Gasteiger partial charge in [-0.15, -0.1) is 11.3 Å². The van der Waals surface area contributed by atoms with Crippen LogP contribution in [0.4, 0.5) is 17.1 Å². The van der Waals surface area contributed by atoms with Gasteiger partial charge >= 0.3 is 0 Å². The largest absolute Gasteiger partial charge is 0.456 e. The Bertz CT molecular complexity index is 3190. The van der Waals surface area contributed by atoms with Crippen LogP contribution in [0.5, 0.6) is 0 Å². The Balaban J connectivity index is 1.23. The molecule has 11 rings (SSSR count). The second kappa shape index (κ2) is 11.9. The second-order valence-electron chi connectivity index (χ2n) is 13.7. The summed E-state index contributed by atoms with van der Waals surface area (Å²) in [5, 5.41) is 9.74. The van der Waals surface area contributed by atoms with E-state index < -0.39 is 0 Å². The minimum Gasteiger partial charge on any atom is -0.456 e. The van der Waals surface area contributed by atoms with Crippen molar-refractivity contribution in [3.63, 3.8) is 0 Å². The average molecular weight is 694 g/mol. The lowest BCUT2D eigenvalue weighted by Gasteiger charge is -2.29. The highest BCUT2D eigenvalue weighted by Gasteiger charge is 2.23. The molecule has 2 heterocycles. The molecule has 0 saturated carbocycles. The molecule has 0 spiro atoms. The van der Waals surface area contributed by atoms with E-state index in [1.54, 1.807) is 0 Å². The van der Waals surface area contributed by atoms with Gasteiger partial charge in [-0.3, -0.25) is 0 Å². The number of hydrogen-bond acceptors (Lipinski definition) is 3. The normalized spacial score (nSPS) is 11.8. The molecule has 0 bridgehead atoms. The number of benzene rings is 9. The molecule has 0 amide bonds. The molecule has 0 saturated heterocycles. The first-order chi connectivity index (χ1) is 26.3. The zero-order chi connectivity index (χ0) is 34.9. The van der Waals surface area contributed by atoms with Crippen LogP contribution in [0.2, 0.25) is 0 Å². The lowest BCUT2D eigenvalue weighted by atomic mass is 9.92. The first-order valence-corrected chi connectivity index (χ1v) is 18.8. The number of para-hydroxylation sites is 1. The summed E-state index contributed by atoms with van der Waals surface area (Å²) < 4.78 is 8.83. The molecule has 0 N–H and O–H groups in total. The van der Waals surface area contributed by atoms with Gasteiger partial charge in [0.15, 0.2) is 0 Å². The molecule has 0 unspecified atom stereocenters. The fourth-order valence-electron chi connectivity index (χ4n) is 8.21. The predicted octanol–water partition coefficient (Wildman–Crippen LogP) is 15.1. The fourth-order valence-corrected chi connectivity index (χ4v) is 9.42. The summed E-state index contributed by atoms with van der Waals surface area (Å²) in [6.45, 7) is 0. The van der Waals surface area contributed by atoms with Crippen molar-refractivity contribution in [1.29, 1.82) is 0 Å². The van der Waals surface area contributed by atoms with Crippen molar-refractivity contribution >= 4 is 92.1 Å². The van der Waals surface area contributed by atoms with Crippen molar-refractivity contribution in [1.82, 2.24) is 0 Å². The number of fused-ring (bicyclic) bond motifs is 9.